The van der Waals surface area contributed by atoms with Crippen LogP contribution < -0.4 is 16.0 Å². The molecule has 0 spiro atoms. The summed E-state index contributed by atoms with van der Waals surface area (Å²) in [6.45, 7) is 1.22. The second-order valence-electron chi connectivity index (χ2n) is 7.02. The number of benzene rings is 1. The summed E-state index contributed by atoms with van der Waals surface area (Å²) >= 11 is 0. The minimum Gasteiger partial charge on any atom is -0.398 e. The van der Waals surface area contributed by atoms with E-state index >= 15 is 0 Å². The van der Waals surface area contributed by atoms with Gasteiger partial charge >= 0.3 is 0 Å². The van der Waals surface area contributed by atoms with E-state index in [1.807, 2.05) is 22.9 Å². The Bertz CT molecular complexity index is 763. The van der Waals surface area contributed by atoms with Gasteiger partial charge in [-0.15, -0.1) is 0 Å². The monoisotopic (exact) mass is 339 g/mol. The van der Waals surface area contributed by atoms with Crippen LogP contribution in [0.1, 0.15) is 43.7 Å². The average molecular weight is 339 g/mol. The predicted octanol–water partition coefficient (Wildman–Crippen LogP) is 2.97. The van der Waals surface area contributed by atoms with E-state index in [1.54, 1.807) is 6.20 Å². The number of hydrogen-bond donors (Lipinski definition) is 2. The molecular weight excluding hydrogens is 314 g/mol. The summed E-state index contributed by atoms with van der Waals surface area (Å²) in [6.07, 6.45) is 8.54. The maximum Gasteiger partial charge on any atom is 0.245 e. The van der Waals surface area contributed by atoms with Crippen molar-refractivity contribution in [1.82, 2.24) is 9.78 Å². The number of anilines is 3. The van der Waals surface area contributed by atoms with Crippen LogP contribution >= 0.6 is 0 Å². The van der Waals surface area contributed by atoms with Gasteiger partial charge in [-0.3, -0.25) is 4.79 Å². The number of nitrogen functional groups attached to an aromatic ring is 1. The Morgan fingerprint density at radius 1 is 1.24 bits per heavy atom. The van der Waals surface area contributed by atoms with Crippen LogP contribution in [0.25, 0.3) is 0 Å². The van der Waals surface area contributed by atoms with Gasteiger partial charge in [-0.1, -0.05) is 18.9 Å². The summed E-state index contributed by atoms with van der Waals surface area (Å²) in [5.74, 6) is 0.803. The zero-order chi connectivity index (χ0) is 17.2. The van der Waals surface area contributed by atoms with Gasteiger partial charge in [0.1, 0.15) is 5.82 Å². The molecule has 1 fully saturated rings. The lowest BCUT2D eigenvalue weighted by molar-refractivity contribution is -0.115. The lowest BCUT2D eigenvalue weighted by Gasteiger charge is -2.31. The van der Waals surface area contributed by atoms with Crippen molar-refractivity contribution in [3.63, 3.8) is 0 Å². The van der Waals surface area contributed by atoms with Crippen molar-refractivity contribution >= 4 is 23.1 Å². The highest BCUT2D eigenvalue weighted by Crippen LogP contribution is 2.32. The van der Waals surface area contributed by atoms with Gasteiger partial charge in [0, 0.05) is 24.0 Å². The van der Waals surface area contributed by atoms with Crippen LogP contribution in [0.15, 0.2) is 30.5 Å². The average Bonchev–Trinajstić information content (AvgIpc) is 3.27. The second kappa shape index (κ2) is 6.78. The fourth-order valence-corrected chi connectivity index (χ4v) is 4.10. The lowest BCUT2D eigenvalue weighted by atomic mass is 10.00. The minimum atomic E-state index is -0.00461. The Kier molecular flexibility index (Phi) is 4.34. The number of carbonyl (C=O) groups is 1. The van der Waals surface area contributed by atoms with Crippen molar-refractivity contribution in [2.24, 2.45) is 0 Å². The van der Waals surface area contributed by atoms with E-state index in [4.69, 9.17) is 5.73 Å². The Balaban J connectivity index is 1.46. The third-order valence-electron chi connectivity index (χ3n) is 5.33. The van der Waals surface area contributed by atoms with Crippen LogP contribution in [-0.4, -0.2) is 28.8 Å². The van der Waals surface area contributed by atoms with Gasteiger partial charge in [-0.25, -0.2) is 4.68 Å². The molecule has 2 aliphatic rings. The molecule has 1 aliphatic heterocycles. The van der Waals surface area contributed by atoms with Gasteiger partial charge in [-0.05, 0) is 43.4 Å². The number of nitrogens with two attached hydrogens (primary N) is 1. The minimum absolute atomic E-state index is 0.00461. The predicted molar refractivity (Wildman–Crippen MR) is 99.8 cm³/mol. The Labute approximate surface area is 148 Å². The highest BCUT2D eigenvalue weighted by molar-refractivity contribution is 5.93. The van der Waals surface area contributed by atoms with Crippen LogP contribution in [-0.2, 0) is 11.2 Å². The van der Waals surface area contributed by atoms with Crippen LogP contribution in [0, 0.1) is 0 Å². The quantitative estimate of drug-likeness (QED) is 0.840. The first-order valence-electron chi connectivity index (χ1n) is 9.18. The first-order valence-corrected chi connectivity index (χ1v) is 9.18. The van der Waals surface area contributed by atoms with Crippen molar-refractivity contribution in [3.8, 4) is 0 Å². The molecule has 0 bridgehead atoms. The standard InChI is InChI=1S/C19H25N5O/c20-16-8-3-9-17-15(16)7-4-12-23(17)13-19(25)22-18-10-11-21-24(18)14-5-1-2-6-14/h3,8-11,14H,1-2,4-7,12-13,20H2,(H,22,25). The van der Waals surface area contributed by atoms with Crippen molar-refractivity contribution < 1.29 is 4.79 Å². The van der Waals surface area contributed by atoms with Gasteiger partial charge < -0.3 is 16.0 Å². The summed E-state index contributed by atoms with van der Waals surface area (Å²) in [5.41, 5.74) is 9.17. The van der Waals surface area contributed by atoms with Crippen molar-refractivity contribution in [2.45, 2.75) is 44.6 Å². The van der Waals surface area contributed by atoms with Gasteiger partial charge in [0.2, 0.25) is 5.91 Å². The Hall–Kier alpha value is -2.50. The van der Waals surface area contributed by atoms with Gasteiger partial charge in [0.15, 0.2) is 0 Å². The summed E-state index contributed by atoms with van der Waals surface area (Å²) in [6, 6.07) is 8.25. The smallest absolute Gasteiger partial charge is 0.245 e. The maximum atomic E-state index is 12.6. The van der Waals surface area contributed by atoms with Crippen molar-refractivity contribution in [1.29, 1.82) is 0 Å². The summed E-state index contributed by atoms with van der Waals surface area (Å²) in [7, 11) is 0. The number of nitrogens with zero attached hydrogens (tertiary/aromatic N) is 3. The van der Waals surface area contributed by atoms with E-state index in [9.17, 15) is 4.79 Å². The van der Waals surface area contributed by atoms with E-state index in [0.29, 0.717) is 12.6 Å². The van der Waals surface area contributed by atoms with Crippen LogP contribution in [0.4, 0.5) is 17.2 Å². The molecule has 2 aromatic rings. The number of rotatable bonds is 4. The molecule has 3 N–H and O–H groups in total. The van der Waals surface area contributed by atoms with Crippen LogP contribution in [0.5, 0.6) is 0 Å². The van der Waals surface area contributed by atoms with Crippen molar-refractivity contribution in [3.05, 3.63) is 36.0 Å². The molecule has 1 aromatic carbocycles. The largest absolute Gasteiger partial charge is 0.398 e. The molecule has 1 saturated carbocycles. The first kappa shape index (κ1) is 16.0. The number of aromatic nitrogens is 2. The molecule has 0 saturated heterocycles. The zero-order valence-corrected chi connectivity index (χ0v) is 14.4. The molecule has 0 radical (unpaired) electrons. The van der Waals surface area contributed by atoms with Gasteiger partial charge in [0.05, 0.1) is 18.8 Å². The number of fused-ring (bicyclic) bond motifs is 1. The van der Waals surface area contributed by atoms with Gasteiger partial charge in [0.25, 0.3) is 0 Å². The highest BCUT2D eigenvalue weighted by atomic mass is 16.2. The van der Waals surface area contributed by atoms with E-state index in [0.717, 1.165) is 55.0 Å². The molecule has 1 aliphatic carbocycles. The number of nitrogens with one attached hydrogen (secondary N) is 1. The molecular formula is C19H25N5O. The van der Waals surface area contributed by atoms with E-state index in [1.165, 1.54) is 12.8 Å². The summed E-state index contributed by atoms with van der Waals surface area (Å²) in [4.78, 5) is 14.7. The molecule has 6 heteroatoms. The highest BCUT2D eigenvalue weighted by Gasteiger charge is 2.23. The first-order chi connectivity index (χ1) is 12.2. The third-order valence-corrected chi connectivity index (χ3v) is 5.33. The molecule has 1 aromatic heterocycles. The summed E-state index contributed by atoms with van der Waals surface area (Å²) in [5, 5.41) is 7.47. The number of amides is 1. The maximum absolute atomic E-state index is 12.6. The normalized spacial score (nSPS) is 17.5. The summed E-state index contributed by atoms with van der Waals surface area (Å²) < 4.78 is 1.98. The van der Waals surface area contributed by atoms with E-state index < -0.39 is 0 Å². The lowest BCUT2D eigenvalue weighted by Crippen LogP contribution is -2.37. The topological polar surface area (TPSA) is 76.2 Å². The Morgan fingerprint density at radius 3 is 2.92 bits per heavy atom. The molecule has 1 amide bonds. The molecule has 0 unspecified atom stereocenters. The molecule has 6 nitrogen and oxygen atoms in total. The molecule has 25 heavy (non-hydrogen) atoms. The molecule has 0 atom stereocenters. The molecule has 4 rings (SSSR count). The van der Waals surface area contributed by atoms with Crippen LogP contribution in [0.2, 0.25) is 0 Å². The third kappa shape index (κ3) is 3.21. The van der Waals surface area contributed by atoms with Crippen LogP contribution in [0.3, 0.4) is 0 Å². The zero-order valence-electron chi connectivity index (χ0n) is 14.4. The molecule has 2 heterocycles. The van der Waals surface area contributed by atoms with Crippen molar-refractivity contribution in [2.75, 3.05) is 29.0 Å². The Morgan fingerprint density at radius 2 is 2.08 bits per heavy atom. The fourth-order valence-electron chi connectivity index (χ4n) is 4.10. The number of hydrogen-bond acceptors (Lipinski definition) is 4. The second-order valence-corrected chi connectivity index (χ2v) is 7.02. The van der Waals surface area contributed by atoms with Gasteiger partial charge in [-0.2, -0.15) is 5.10 Å². The SMILES string of the molecule is Nc1cccc2c1CCCN2CC(=O)Nc1ccnn1C1CCCC1. The number of carbonyl (C=O) groups excluding carboxylic acids is 1. The van der Waals surface area contributed by atoms with E-state index in [2.05, 4.69) is 21.4 Å². The van der Waals surface area contributed by atoms with E-state index in [-0.39, 0.29) is 5.91 Å². The molecule has 132 valence electrons. The fraction of sp³-hybridized carbons (Fsp3) is 0.474.